The van der Waals surface area contributed by atoms with Gasteiger partial charge in [-0.05, 0) is 37.2 Å². The van der Waals surface area contributed by atoms with Gasteiger partial charge >= 0.3 is 0 Å². The highest BCUT2D eigenvalue weighted by atomic mass is 35.5. The van der Waals surface area contributed by atoms with E-state index in [9.17, 15) is 9.90 Å². The van der Waals surface area contributed by atoms with E-state index in [0.29, 0.717) is 24.7 Å². The second-order valence-corrected chi connectivity index (χ2v) is 7.38. The van der Waals surface area contributed by atoms with Crippen molar-refractivity contribution in [3.8, 4) is 0 Å². The van der Waals surface area contributed by atoms with E-state index >= 15 is 0 Å². The minimum absolute atomic E-state index is 0.157. The van der Waals surface area contributed by atoms with E-state index in [1.165, 1.54) is 11.1 Å². The number of aliphatic hydroxyl groups is 1. The smallest absolute Gasteiger partial charge is 0.287 e. The number of aromatic nitrogens is 2. The number of nitrogens with one attached hydrogen (secondary N) is 1. The number of rotatable bonds is 7. The molecule has 1 heterocycles. The lowest BCUT2D eigenvalue weighted by Crippen LogP contribution is -2.26. The second kappa shape index (κ2) is 9.19. The summed E-state index contributed by atoms with van der Waals surface area (Å²) in [6, 6.07) is 9.70. The van der Waals surface area contributed by atoms with Gasteiger partial charge in [0, 0.05) is 6.54 Å². The van der Waals surface area contributed by atoms with Crippen LogP contribution in [0.3, 0.4) is 0 Å². The predicted octanol–water partition coefficient (Wildman–Crippen LogP) is 3.69. The quantitative estimate of drug-likeness (QED) is 0.724. The Morgan fingerprint density at radius 1 is 1.23 bits per heavy atom. The number of benzene rings is 1. The van der Waals surface area contributed by atoms with Crippen LogP contribution in [0.2, 0.25) is 5.02 Å². The van der Waals surface area contributed by atoms with Crippen LogP contribution in [0.4, 0.5) is 5.69 Å². The van der Waals surface area contributed by atoms with Crippen molar-refractivity contribution in [3.05, 3.63) is 57.5 Å². The molecule has 2 atom stereocenters. The van der Waals surface area contributed by atoms with Crippen LogP contribution in [0.25, 0.3) is 0 Å². The maximum atomic E-state index is 12.4. The zero-order chi connectivity index (χ0) is 18.4. The van der Waals surface area contributed by atoms with Crippen molar-refractivity contribution in [3.63, 3.8) is 0 Å². The molecule has 140 valence electrons. The summed E-state index contributed by atoms with van der Waals surface area (Å²) < 4.78 is 1.38. The molecule has 0 amide bonds. The fraction of sp³-hybridized carbons (Fsp3) is 0.500. The van der Waals surface area contributed by atoms with Gasteiger partial charge in [-0.25, -0.2) is 4.68 Å². The number of aliphatic hydroxyl groups excluding tert-OH is 1. The van der Waals surface area contributed by atoms with E-state index in [4.69, 9.17) is 11.6 Å². The highest BCUT2D eigenvalue weighted by Crippen LogP contribution is 2.28. The Bertz CT molecular complexity index is 763. The Kier molecular flexibility index (Phi) is 6.69. The number of nitrogens with zero attached hydrogens (tertiary/aromatic N) is 2. The van der Waals surface area contributed by atoms with Crippen LogP contribution in [0.5, 0.6) is 0 Å². The predicted molar refractivity (Wildman–Crippen MR) is 105 cm³/mol. The third-order valence-electron chi connectivity index (χ3n) is 5.10. The van der Waals surface area contributed by atoms with E-state index in [1.807, 2.05) is 30.3 Å². The van der Waals surface area contributed by atoms with Crippen molar-refractivity contribution in [1.82, 2.24) is 9.78 Å². The van der Waals surface area contributed by atoms with Crippen molar-refractivity contribution >= 4 is 17.3 Å². The van der Waals surface area contributed by atoms with E-state index in [0.717, 1.165) is 37.7 Å². The monoisotopic (exact) mass is 375 g/mol. The van der Waals surface area contributed by atoms with Crippen molar-refractivity contribution in [2.24, 2.45) is 5.92 Å². The molecule has 26 heavy (non-hydrogen) atoms. The summed E-state index contributed by atoms with van der Waals surface area (Å²) >= 11 is 6.24. The summed E-state index contributed by atoms with van der Waals surface area (Å²) in [6.07, 6.45) is 7.77. The maximum absolute atomic E-state index is 12.4. The second-order valence-electron chi connectivity index (χ2n) is 7.00. The molecule has 1 fully saturated rings. The van der Waals surface area contributed by atoms with Crippen molar-refractivity contribution < 1.29 is 5.11 Å². The van der Waals surface area contributed by atoms with E-state index < -0.39 is 0 Å². The minimum Gasteiger partial charge on any atom is -0.393 e. The summed E-state index contributed by atoms with van der Waals surface area (Å²) in [7, 11) is 0. The average molecular weight is 376 g/mol. The number of hydrogen-bond acceptors (Lipinski definition) is 4. The molecule has 1 aliphatic rings. The normalized spacial score (nSPS) is 20.1. The standard InChI is InChI=1S/C20H26ClN3O2/c21-19-17(22-12-6-10-16-9-4-5-11-18(16)25)13-23-24(20(19)26)14-15-7-2-1-3-8-15/h1-3,7-8,13,16,18,22,25H,4-6,9-12,14H2. The minimum atomic E-state index is -0.289. The highest BCUT2D eigenvalue weighted by molar-refractivity contribution is 6.32. The van der Waals surface area contributed by atoms with Gasteiger partial charge in [-0.2, -0.15) is 5.10 Å². The molecule has 1 saturated carbocycles. The van der Waals surface area contributed by atoms with Crippen LogP contribution in [0, 0.1) is 5.92 Å². The molecule has 2 unspecified atom stereocenters. The van der Waals surface area contributed by atoms with Gasteiger partial charge in [0.1, 0.15) is 5.02 Å². The van der Waals surface area contributed by atoms with Gasteiger partial charge in [0.05, 0.1) is 24.5 Å². The van der Waals surface area contributed by atoms with Crippen LogP contribution in [0.1, 0.15) is 44.1 Å². The largest absolute Gasteiger partial charge is 0.393 e. The molecule has 1 aliphatic carbocycles. The van der Waals surface area contributed by atoms with Gasteiger partial charge in [0.25, 0.3) is 5.56 Å². The molecule has 1 aromatic heterocycles. The molecule has 1 aromatic carbocycles. The highest BCUT2D eigenvalue weighted by Gasteiger charge is 2.22. The first-order chi connectivity index (χ1) is 12.6. The maximum Gasteiger partial charge on any atom is 0.287 e. The van der Waals surface area contributed by atoms with Crippen molar-refractivity contribution in [2.75, 3.05) is 11.9 Å². The lowest BCUT2D eigenvalue weighted by Gasteiger charge is -2.27. The number of halogens is 1. The summed E-state index contributed by atoms with van der Waals surface area (Å²) in [5, 5.41) is 17.6. The summed E-state index contributed by atoms with van der Waals surface area (Å²) in [4.78, 5) is 12.4. The Morgan fingerprint density at radius 3 is 2.77 bits per heavy atom. The summed E-state index contributed by atoms with van der Waals surface area (Å²) in [5.41, 5.74) is 1.29. The van der Waals surface area contributed by atoms with Crippen molar-refractivity contribution in [1.29, 1.82) is 0 Å². The average Bonchev–Trinajstić information content (AvgIpc) is 2.66. The van der Waals surface area contributed by atoms with Crippen LogP contribution in [-0.4, -0.2) is 27.5 Å². The Hall–Kier alpha value is -1.85. The van der Waals surface area contributed by atoms with Gasteiger partial charge in [-0.15, -0.1) is 0 Å². The zero-order valence-corrected chi connectivity index (χ0v) is 15.7. The molecule has 0 aliphatic heterocycles. The molecule has 6 heteroatoms. The molecule has 5 nitrogen and oxygen atoms in total. The molecule has 2 aromatic rings. The third kappa shape index (κ3) is 4.86. The van der Waals surface area contributed by atoms with Gasteiger partial charge in [0.15, 0.2) is 0 Å². The van der Waals surface area contributed by atoms with Gasteiger partial charge < -0.3 is 10.4 Å². The first-order valence-corrected chi connectivity index (χ1v) is 9.74. The molecule has 0 bridgehead atoms. The van der Waals surface area contributed by atoms with Crippen LogP contribution in [-0.2, 0) is 6.54 Å². The molecule has 3 rings (SSSR count). The zero-order valence-electron chi connectivity index (χ0n) is 14.9. The Morgan fingerprint density at radius 2 is 2.00 bits per heavy atom. The fourth-order valence-corrected chi connectivity index (χ4v) is 3.78. The van der Waals surface area contributed by atoms with Crippen LogP contribution in [0.15, 0.2) is 41.3 Å². The molecule has 2 N–H and O–H groups in total. The summed E-state index contributed by atoms with van der Waals surface area (Å²) in [6.45, 7) is 1.12. The Balaban J connectivity index is 1.54. The SMILES string of the molecule is O=c1c(Cl)c(NCCCC2CCCCC2O)cnn1Cc1ccccc1. The molecule has 0 radical (unpaired) electrons. The van der Waals surface area contributed by atoms with Gasteiger partial charge in [-0.1, -0.05) is 54.8 Å². The Labute approximate surface area is 159 Å². The van der Waals surface area contributed by atoms with Crippen LogP contribution >= 0.6 is 11.6 Å². The first kappa shape index (κ1) is 18.9. The fourth-order valence-electron chi connectivity index (χ4n) is 3.57. The van der Waals surface area contributed by atoms with Gasteiger partial charge in [0.2, 0.25) is 0 Å². The number of hydrogen-bond donors (Lipinski definition) is 2. The lowest BCUT2D eigenvalue weighted by molar-refractivity contribution is 0.0648. The van der Waals surface area contributed by atoms with Crippen molar-refractivity contribution in [2.45, 2.75) is 51.2 Å². The topological polar surface area (TPSA) is 67.2 Å². The molecular formula is C20H26ClN3O2. The van der Waals surface area contributed by atoms with Crippen LogP contribution < -0.4 is 10.9 Å². The lowest BCUT2D eigenvalue weighted by atomic mass is 9.83. The molecule has 0 spiro atoms. The van der Waals surface area contributed by atoms with E-state index in [1.54, 1.807) is 6.20 Å². The third-order valence-corrected chi connectivity index (χ3v) is 5.46. The van der Waals surface area contributed by atoms with E-state index in [2.05, 4.69) is 10.4 Å². The first-order valence-electron chi connectivity index (χ1n) is 9.36. The number of anilines is 1. The molecule has 0 saturated heterocycles. The molecular weight excluding hydrogens is 350 g/mol. The van der Waals surface area contributed by atoms with Gasteiger partial charge in [-0.3, -0.25) is 4.79 Å². The summed E-state index contributed by atoms with van der Waals surface area (Å²) in [5.74, 6) is 0.401. The van der Waals surface area contributed by atoms with E-state index in [-0.39, 0.29) is 16.7 Å².